The molecule has 1 aromatic carbocycles. The van der Waals surface area contributed by atoms with E-state index in [0.717, 1.165) is 36.1 Å². The zero-order valence-corrected chi connectivity index (χ0v) is 10.7. The summed E-state index contributed by atoms with van der Waals surface area (Å²) in [6, 6.07) is 10.1. The van der Waals surface area contributed by atoms with Crippen molar-refractivity contribution in [2.75, 3.05) is 6.54 Å². The number of aliphatic carboxylic acids is 1. The Labute approximate surface area is 111 Å². The fourth-order valence-corrected chi connectivity index (χ4v) is 2.85. The third-order valence-electron chi connectivity index (χ3n) is 3.74. The highest BCUT2D eigenvalue weighted by Gasteiger charge is 2.27. The molecule has 2 heterocycles. The third-order valence-corrected chi connectivity index (χ3v) is 3.74. The number of likely N-dealkylation sites (tertiary alicyclic amines) is 1. The molecule has 0 spiro atoms. The van der Waals surface area contributed by atoms with Crippen molar-refractivity contribution in [1.82, 2.24) is 4.90 Å². The van der Waals surface area contributed by atoms with Gasteiger partial charge in [-0.25, -0.2) is 0 Å². The first-order valence-electron chi connectivity index (χ1n) is 6.65. The van der Waals surface area contributed by atoms with Gasteiger partial charge in [-0.1, -0.05) is 18.2 Å². The van der Waals surface area contributed by atoms with E-state index in [1.54, 1.807) is 0 Å². The third kappa shape index (κ3) is 2.63. The lowest BCUT2D eigenvalue weighted by Gasteiger charge is -2.21. The molecule has 0 saturated carbocycles. The van der Waals surface area contributed by atoms with Crippen molar-refractivity contribution < 1.29 is 14.3 Å². The molecular weight excluding hydrogens is 242 g/mol. The molecule has 2 aromatic rings. The molecule has 1 fully saturated rings. The number of carboxylic acid groups (broad SMARTS) is 1. The summed E-state index contributed by atoms with van der Waals surface area (Å²) in [6.07, 6.45) is 2.25. The highest BCUT2D eigenvalue weighted by Crippen LogP contribution is 2.25. The van der Waals surface area contributed by atoms with Crippen molar-refractivity contribution in [1.29, 1.82) is 0 Å². The van der Waals surface area contributed by atoms with Gasteiger partial charge in [0.1, 0.15) is 11.3 Å². The number of para-hydroxylation sites is 1. The Kier molecular flexibility index (Phi) is 3.25. The lowest BCUT2D eigenvalue weighted by Crippen LogP contribution is -2.30. The molecule has 1 saturated heterocycles. The lowest BCUT2D eigenvalue weighted by molar-refractivity contribution is -0.138. The van der Waals surface area contributed by atoms with Gasteiger partial charge >= 0.3 is 5.97 Å². The number of hydrogen-bond donors (Lipinski definition) is 1. The molecule has 4 heteroatoms. The Morgan fingerprint density at radius 2 is 2.26 bits per heavy atom. The van der Waals surface area contributed by atoms with Crippen LogP contribution in [0.1, 0.15) is 25.0 Å². The molecule has 4 nitrogen and oxygen atoms in total. The number of carbonyl (C=O) groups is 1. The van der Waals surface area contributed by atoms with Gasteiger partial charge in [0.2, 0.25) is 0 Å². The topological polar surface area (TPSA) is 53.7 Å². The van der Waals surface area contributed by atoms with Crippen LogP contribution in [0.15, 0.2) is 34.7 Å². The zero-order chi connectivity index (χ0) is 13.2. The summed E-state index contributed by atoms with van der Waals surface area (Å²) < 4.78 is 5.79. The predicted molar refractivity (Wildman–Crippen MR) is 71.9 cm³/mol. The van der Waals surface area contributed by atoms with E-state index >= 15 is 0 Å². The summed E-state index contributed by atoms with van der Waals surface area (Å²) in [7, 11) is 0. The first-order valence-corrected chi connectivity index (χ1v) is 6.65. The monoisotopic (exact) mass is 259 g/mol. The lowest BCUT2D eigenvalue weighted by atomic mass is 10.1. The average molecular weight is 259 g/mol. The summed E-state index contributed by atoms with van der Waals surface area (Å²) >= 11 is 0. The Hall–Kier alpha value is -1.81. The molecule has 0 amide bonds. The molecular formula is C15H17NO3. The number of hydrogen-bond acceptors (Lipinski definition) is 3. The fourth-order valence-electron chi connectivity index (χ4n) is 2.85. The van der Waals surface area contributed by atoms with Gasteiger partial charge in [0, 0.05) is 11.4 Å². The van der Waals surface area contributed by atoms with E-state index in [0.29, 0.717) is 6.54 Å². The number of benzene rings is 1. The quantitative estimate of drug-likeness (QED) is 0.917. The minimum atomic E-state index is -0.721. The average Bonchev–Trinajstić information content (AvgIpc) is 2.95. The molecule has 1 aromatic heterocycles. The van der Waals surface area contributed by atoms with Crippen LogP contribution in [-0.4, -0.2) is 28.6 Å². The van der Waals surface area contributed by atoms with Gasteiger partial charge in [0.05, 0.1) is 13.0 Å². The highest BCUT2D eigenvalue weighted by molar-refractivity contribution is 5.77. The van der Waals surface area contributed by atoms with Crippen LogP contribution in [0.2, 0.25) is 0 Å². The number of nitrogens with zero attached hydrogens (tertiary/aromatic N) is 1. The van der Waals surface area contributed by atoms with Gasteiger partial charge < -0.3 is 9.52 Å². The Morgan fingerprint density at radius 3 is 3.05 bits per heavy atom. The zero-order valence-electron chi connectivity index (χ0n) is 10.7. The molecule has 0 bridgehead atoms. The number of carboxylic acids is 1. The Balaban J connectivity index is 1.74. The Bertz CT molecular complexity index is 557. The minimum Gasteiger partial charge on any atom is -0.481 e. The second-order valence-electron chi connectivity index (χ2n) is 5.11. The van der Waals surface area contributed by atoms with Crippen molar-refractivity contribution in [2.24, 2.45) is 0 Å². The predicted octanol–water partition coefficient (Wildman–Crippen LogP) is 2.87. The van der Waals surface area contributed by atoms with Crippen LogP contribution in [0.3, 0.4) is 0 Å². The largest absolute Gasteiger partial charge is 0.481 e. The summed E-state index contributed by atoms with van der Waals surface area (Å²) in [5.74, 6) is 0.194. The summed E-state index contributed by atoms with van der Waals surface area (Å²) in [4.78, 5) is 13.1. The minimum absolute atomic E-state index is 0.144. The maximum absolute atomic E-state index is 10.8. The molecule has 19 heavy (non-hydrogen) atoms. The molecule has 3 rings (SSSR count). The van der Waals surface area contributed by atoms with Gasteiger partial charge in [0.15, 0.2) is 0 Å². The van der Waals surface area contributed by atoms with Crippen LogP contribution in [0.25, 0.3) is 11.0 Å². The molecule has 0 radical (unpaired) electrons. The molecule has 0 aliphatic carbocycles. The molecule has 1 aliphatic heterocycles. The van der Waals surface area contributed by atoms with Crippen LogP contribution in [0.5, 0.6) is 0 Å². The summed E-state index contributed by atoms with van der Waals surface area (Å²) in [5, 5.41) is 10.0. The van der Waals surface area contributed by atoms with Crippen LogP contribution >= 0.6 is 0 Å². The maximum Gasteiger partial charge on any atom is 0.304 e. The van der Waals surface area contributed by atoms with Crippen molar-refractivity contribution >= 4 is 16.9 Å². The first kappa shape index (κ1) is 12.2. The first-order chi connectivity index (χ1) is 9.22. The summed E-state index contributed by atoms with van der Waals surface area (Å²) in [5.41, 5.74) is 0.895. The number of rotatable bonds is 4. The molecule has 100 valence electrons. The van der Waals surface area contributed by atoms with E-state index in [2.05, 4.69) is 4.90 Å². The fraction of sp³-hybridized carbons (Fsp3) is 0.400. The number of fused-ring (bicyclic) bond motifs is 1. The van der Waals surface area contributed by atoms with E-state index in [-0.39, 0.29) is 12.5 Å². The van der Waals surface area contributed by atoms with Crippen molar-refractivity contribution in [3.8, 4) is 0 Å². The smallest absolute Gasteiger partial charge is 0.304 e. The second-order valence-corrected chi connectivity index (χ2v) is 5.11. The van der Waals surface area contributed by atoms with Gasteiger partial charge in [0.25, 0.3) is 0 Å². The van der Waals surface area contributed by atoms with Crippen molar-refractivity contribution in [3.05, 3.63) is 36.1 Å². The molecule has 1 atom stereocenters. The van der Waals surface area contributed by atoms with Crippen LogP contribution in [0, 0.1) is 0 Å². The van der Waals surface area contributed by atoms with Crippen molar-refractivity contribution in [3.63, 3.8) is 0 Å². The van der Waals surface area contributed by atoms with Gasteiger partial charge in [-0.05, 0) is 31.5 Å². The molecule has 1 aliphatic rings. The second kappa shape index (κ2) is 5.05. The maximum atomic E-state index is 10.8. The van der Waals surface area contributed by atoms with Crippen LogP contribution in [-0.2, 0) is 11.3 Å². The Morgan fingerprint density at radius 1 is 1.42 bits per heavy atom. The SMILES string of the molecule is O=C(O)CC1CCCN1Cc1cc2ccccc2o1. The summed E-state index contributed by atoms with van der Waals surface area (Å²) in [6.45, 7) is 1.65. The van der Waals surface area contributed by atoms with Gasteiger partial charge in [-0.3, -0.25) is 9.69 Å². The van der Waals surface area contributed by atoms with E-state index in [1.165, 1.54) is 0 Å². The van der Waals surface area contributed by atoms with E-state index in [1.807, 2.05) is 30.3 Å². The van der Waals surface area contributed by atoms with Crippen LogP contribution in [0.4, 0.5) is 0 Å². The molecule has 1 N–H and O–H groups in total. The van der Waals surface area contributed by atoms with E-state index < -0.39 is 5.97 Å². The molecule has 1 unspecified atom stereocenters. The van der Waals surface area contributed by atoms with Crippen LogP contribution < -0.4 is 0 Å². The van der Waals surface area contributed by atoms with Crippen molar-refractivity contribution in [2.45, 2.75) is 31.8 Å². The highest BCUT2D eigenvalue weighted by atomic mass is 16.4. The van der Waals surface area contributed by atoms with Gasteiger partial charge in [-0.15, -0.1) is 0 Å². The van der Waals surface area contributed by atoms with E-state index in [4.69, 9.17) is 9.52 Å². The van der Waals surface area contributed by atoms with Gasteiger partial charge in [-0.2, -0.15) is 0 Å². The normalized spacial score (nSPS) is 20.1. The van der Waals surface area contributed by atoms with E-state index in [9.17, 15) is 4.79 Å². The number of furan rings is 1. The standard InChI is InChI=1S/C15H17NO3/c17-15(18)9-12-5-3-7-16(12)10-13-8-11-4-1-2-6-14(11)19-13/h1-2,4,6,8,12H,3,5,7,9-10H2,(H,17,18).